The number of hydrogen-bond donors (Lipinski definition) is 1. The van der Waals surface area contributed by atoms with E-state index >= 15 is 0 Å². The van der Waals surface area contributed by atoms with Crippen LogP contribution in [-0.4, -0.2) is 24.4 Å². The van der Waals surface area contributed by atoms with Crippen LogP contribution in [0.1, 0.15) is 33.9 Å². The lowest BCUT2D eigenvalue weighted by atomic mass is 10.1. The molecule has 3 rings (SSSR count). The Hall–Kier alpha value is -2.10. The minimum absolute atomic E-state index is 0.104. The van der Waals surface area contributed by atoms with E-state index in [9.17, 15) is 10.1 Å². The van der Waals surface area contributed by atoms with Crippen molar-refractivity contribution in [3.05, 3.63) is 39.7 Å². The monoisotopic (exact) mass is 329 g/mol. The molecule has 0 saturated heterocycles. The molecule has 5 nitrogen and oxygen atoms in total. The van der Waals surface area contributed by atoms with Crippen LogP contribution in [0.3, 0.4) is 0 Å². The number of carbonyl (C=O) groups is 1. The fraction of sp³-hybridized carbons (Fsp3) is 0.412. The lowest BCUT2D eigenvalue weighted by Gasteiger charge is -2.14. The summed E-state index contributed by atoms with van der Waals surface area (Å²) in [6.45, 7) is 2.73. The molecule has 6 heteroatoms. The fourth-order valence-corrected chi connectivity index (χ4v) is 4.17. The van der Waals surface area contributed by atoms with Gasteiger partial charge in [0.25, 0.3) is 0 Å². The van der Waals surface area contributed by atoms with E-state index in [1.807, 2.05) is 31.0 Å². The third-order valence-corrected chi connectivity index (χ3v) is 5.13. The normalized spacial score (nSPS) is 13.1. The third kappa shape index (κ3) is 3.46. The van der Waals surface area contributed by atoms with Crippen LogP contribution in [0, 0.1) is 18.3 Å². The second kappa shape index (κ2) is 6.57. The average molecular weight is 329 g/mol. The first-order valence-electron chi connectivity index (χ1n) is 7.65. The number of nitrogens with one attached hydrogen (secondary N) is 1. The van der Waals surface area contributed by atoms with Gasteiger partial charge < -0.3 is 9.73 Å². The molecule has 1 N–H and O–H groups in total. The standard InChI is InChI=1S/C17H19N3O2S/c1-11-6-7-12(22-11)9-20(2)10-16(21)19-17-14(8-18)13-4-3-5-15(13)23-17/h6-7H,3-5,9-10H2,1-2H3,(H,19,21). The first-order chi connectivity index (χ1) is 11.1. The summed E-state index contributed by atoms with van der Waals surface area (Å²) in [5, 5.41) is 12.9. The Bertz CT molecular complexity index is 769. The van der Waals surface area contributed by atoms with Crippen LogP contribution in [0.25, 0.3) is 0 Å². The van der Waals surface area contributed by atoms with Crippen LogP contribution in [0.15, 0.2) is 16.5 Å². The van der Waals surface area contributed by atoms with Gasteiger partial charge in [-0.05, 0) is 50.9 Å². The van der Waals surface area contributed by atoms with Crippen LogP contribution in [-0.2, 0) is 24.2 Å². The van der Waals surface area contributed by atoms with Crippen LogP contribution >= 0.6 is 11.3 Å². The molecular weight excluding hydrogens is 310 g/mol. The van der Waals surface area contributed by atoms with Crippen LogP contribution < -0.4 is 5.32 Å². The SMILES string of the molecule is Cc1ccc(CN(C)CC(=O)Nc2sc3c(c2C#N)CCC3)o1. The molecule has 1 aliphatic rings. The molecule has 0 aliphatic heterocycles. The topological polar surface area (TPSA) is 69.3 Å². The number of nitriles is 1. The van der Waals surface area contributed by atoms with Crippen LogP contribution in [0.5, 0.6) is 0 Å². The van der Waals surface area contributed by atoms with Gasteiger partial charge in [-0.15, -0.1) is 11.3 Å². The lowest BCUT2D eigenvalue weighted by Crippen LogP contribution is -2.29. The van der Waals surface area contributed by atoms with Gasteiger partial charge in [-0.3, -0.25) is 9.69 Å². The highest BCUT2D eigenvalue weighted by Crippen LogP contribution is 2.38. The number of aryl methyl sites for hydroxylation is 2. The van der Waals surface area contributed by atoms with E-state index in [2.05, 4.69) is 11.4 Å². The average Bonchev–Trinajstić information content (AvgIpc) is 3.15. The predicted octanol–water partition coefficient (Wildman–Crippen LogP) is 3.08. The molecule has 0 spiro atoms. The fourth-order valence-electron chi connectivity index (χ4n) is 2.91. The Morgan fingerprint density at radius 3 is 3.00 bits per heavy atom. The van der Waals surface area contributed by atoms with Gasteiger partial charge in [0.05, 0.1) is 18.7 Å². The zero-order valence-corrected chi connectivity index (χ0v) is 14.1. The number of rotatable bonds is 5. The van der Waals surface area contributed by atoms with Crippen molar-refractivity contribution >= 4 is 22.2 Å². The zero-order chi connectivity index (χ0) is 16.4. The summed E-state index contributed by atoms with van der Waals surface area (Å²) in [4.78, 5) is 15.4. The summed E-state index contributed by atoms with van der Waals surface area (Å²) < 4.78 is 5.52. The van der Waals surface area contributed by atoms with E-state index in [0.717, 1.165) is 36.3 Å². The van der Waals surface area contributed by atoms with Gasteiger partial charge in [0, 0.05) is 4.88 Å². The third-order valence-electron chi connectivity index (χ3n) is 3.92. The van der Waals surface area contributed by atoms with Gasteiger partial charge in [-0.2, -0.15) is 5.26 Å². The number of fused-ring (bicyclic) bond motifs is 1. The van der Waals surface area contributed by atoms with Gasteiger partial charge in [0.2, 0.25) is 5.91 Å². The number of furan rings is 1. The number of thiophene rings is 1. The molecule has 120 valence electrons. The van der Waals surface area contributed by atoms with E-state index in [-0.39, 0.29) is 12.5 Å². The molecule has 0 saturated carbocycles. The Labute approximate surface area is 139 Å². The molecule has 2 heterocycles. The van der Waals surface area contributed by atoms with Crippen molar-refractivity contribution < 1.29 is 9.21 Å². The van der Waals surface area contributed by atoms with Crippen LogP contribution in [0.2, 0.25) is 0 Å². The van der Waals surface area contributed by atoms with Gasteiger partial charge >= 0.3 is 0 Å². The Morgan fingerprint density at radius 2 is 2.30 bits per heavy atom. The van der Waals surface area contributed by atoms with Gasteiger partial charge in [-0.25, -0.2) is 0 Å². The highest BCUT2D eigenvalue weighted by atomic mass is 32.1. The molecular formula is C17H19N3O2S. The van der Waals surface area contributed by atoms with Crippen molar-refractivity contribution in [2.45, 2.75) is 32.7 Å². The molecule has 1 amide bonds. The maximum absolute atomic E-state index is 12.2. The first kappa shape index (κ1) is 15.8. The number of anilines is 1. The largest absolute Gasteiger partial charge is 0.465 e. The van der Waals surface area contributed by atoms with E-state index < -0.39 is 0 Å². The second-order valence-corrected chi connectivity index (χ2v) is 7.01. The first-order valence-corrected chi connectivity index (χ1v) is 8.47. The molecule has 0 unspecified atom stereocenters. The quantitative estimate of drug-likeness (QED) is 0.915. The second-order valence-electron chi connectivity index (χ2n) is 5.91. The molecule has 0 aromatic carbocycles. The molecule has 2 aromatic rings. The number of amides is 1. The summed E-state index contributed by atoms with van der Waals surface area (Å²) in [5.41, 5.74) is 1.78. The Morgan fingerprint density at radius 1 is 1.48 bits per heavy atom. The molecule has 23 heavy (non-hydrogen) atoms. The van der Waals surface area contributed by atoms with Crippen molar-refractivity contribution in [3.8, 4) is 6.07 Å². The van der Waals surface area contributed by atoms with Crippen molar-refractivity contribution in [3.63, 3.8) is 0 Å². The highest BCUT2D eigenvalue weighted by molar-refractivity contribution is 7.16. The molecule has 0 bridgehead atoms. The molecule has 1 aliphatic carbocycles. The van der Waals surface area contributed by atoms with Gasteiger partial charge in [0.1, 0.15) is 22.6 Å². The van der Waals surface area contributed by atoms with Crippen molar-refractivity contribution in [1.82, 2.24) is 4.90 Å². The Kier molecular flexibility index (Phi) is 4.51. The van der Waals surface area contributed by atoms with Gasteiger partial charge in [0.15, 0.2) is 0 Å². The molecule has 0 radical (unpaired) electrons. The summed E-state index contributed by atoms with van der Waals surface area (Å²) in [7, 11) is 1.87. The lowest BCUT2D eigenvalue weighted by molar-refractivity contribution is -0.117. The van der Waals surface area contributed by atoms with Crippen molar-refractivity contribution in [2.24, 2.45) is 0 Å². The van der Waals surface area contributed by atoms with Crippen molar-refractivity contribution in [1.29, 1.82) is 5.26 Å². The molecule has 0 atom stereocenters. The minimum atomic E-state index is -0.104. The Balaban J connectivity index is 1.60. The van der Waals surface area contributed by atoms with Gasteiger partial charge in [-0.1, -0.05) is 0 Å². The number of hydrogen-bond acceptors (Lipinski definition) is 5. The molecule has 2 aromatic heterocycles. The number of nitrogens with zero attached hydrogens (tertiary/aromatic N) is 2. The van der Waals surface area contributed by atoms with Crippen molar-refractivity contribution in [2.75, 3.05) is 18.9 Å². The van der Waals surface area contributed by atoms with E-state index in [1.54, 1.807) is 11.3 Å². The smallest absolute Gasteiger partial charge is 0.239 e. The summed E-state index contributed by atoms with van der Waals surface area (Å²) in [6.07, 6.45) is 3.07. The highest BCUT2D eigenvalue weighted by Gasteiger charge is 2.23. The van der Waals surface area contributed by atoms with E-state index in [4.69, 9.17) is 4.42 Å². The zero-order valence-electron chi connectivity index (χ0n) is 13.3. The molecule has 0 fully saturated rings. The minimum Gasteiger partial charge on any atom is -0.465 e. The maximum Gasteiger partial charge on any atom is 0.239 e. The van der Waals surface area contributed by atoms with E-state index in [1.165, 1.54) is 4.88 Å². The summed E-state index contributed by atoms with van der Waals surface area (Å²) in [6, 6.07) is 6.07. The van der Waals surface area contributed by atoms with Crippen LogP contribution in [0.4, 0.5) is 5.00 Å². The maximum atomic E-state index is 12.2. The number of carbonyl (C=O) groups excluding carboxylic acids is 1. The van der Waals surface area contributed by atoms with E-state index in [0.29, 0.717) is 17.1 Å². The summed E-state index contributed by atoms with van der Waals surface area (Å²) in [5.74, 6) is 1.60. The summed E-state index contributed by atoms with van der Waals surface area (Å²) >= 11 is 1.54. The number of likely N-dealkylation sites (N-methyl/N-ethyl adjacent to an activating group) is 1. The predicted molar refractivity (Wildman–Crippen MR) is 89.5 cm³/mol.